The smallest absolute Gasteiger partial charge is 0.264 e. The van der Waals surface area contributed by atoms with Gasteiger partial charge in [-0.1, -0.05) is 78.5 Å². The number of sulfonamides is 1. The highest BCUT2D eigenvalue weighted by molar-refractivity contribution is 7.92. The van der Waals surface area contributed by atoms with Crippen molar-refractivity contribution in [1.82, 2.24) is 10.2 Å². The van der Waals surface area contributed by atoms with E-state index in [0.717, 1.165) is 33.8 Å². The normalized spacial score (nSPS) is 12.1. The van der Waals surface area contributed by atoms with Gasteiger partial charge in [-0.25, -0.2) is 8.42 Å². The number of hydrogen-bond acceptors (Lipinski definition) is 4. The quantitative estimate of drug-likeness (QED) is 0.252. The molecule has 2 amide bonds. The molecule has 40 heavy (non-hydrogen) atoms. The van der Waals surface area contributed by atoms with Crippen molar-refractivity contribution in [2.45, 2.75) is 58.0 Å². The fourth-order valence-electron chi connectivity index (χ4n) is 4.10. The maximum absolute atomic E-state index is 14.0. The van der Waals surface area contributed by atoms with E-state index in [4.69, 9.17) is 23.2 Å². The number of anilines is 1. The lowest BCUT2D eigenvalue weighted by Crippen LogP contribution is -2.51. The molecule has 0 spiro atoms. The minimum absolute atomic E-state index is 0.0211. The van der Waals surface area contributed by atoms with Crippen molar-refractivity contribution in [2.24, 2.45) is 0 Å². The number of halogens is 2. The first-order valence-electron chi connectivity index (χ1n) is 13.1. The number of rotatable bonds is 12. The van der Waals surface area contributed by atoms with E-state index in [1.54, 1.807) is 19.1 Å². The fraction of sp³-hybridized carbons (Fsp3) is 0.333. The van der Waals surface area contributed by atoms with Crippen LogP contribution in [0.25, 0.3) is 0 Å². The van der Waals surface area contributed by atoms with E-state index < -0.39 is 28.5 Å². The van der Waals surface area contributed by atoms with Gasteiger partial charge in [0.25, 0.3) is 10.0 Å². The Morgan fingerprint density at radius 3 is 2.25 bits per heavy atom. The van der Waals surface area contributed by atoms with Gasteiger partial charge in [0.1, 0.15) is 12.6 Å². The Bertz CT molecular complexity index is 1450. The molecule has 1 unspecified atom stereocenters. The standard InChI is InChI=1S/C30H35Cl2N3O4S/c1-5-6-17-33-30(37)23(4)34(19-24-10-8-7-9-22(24)3)29(36)20-35(25-13-16-27(31)28(32)18-25)40(38,39)26-14-11-21(2)12-15-26/h7-16,18,23H,5-6,17,19-20H2,1-4H3,(H,33,37). The molecule has 3 rings (SSSR count). The molecule has 0 aromatic heterocycles. The van der Waals surface area contributed by atoms with Gasteiger partial charge in [-0.05, 0) is 68.7 Å². The molecule has 3 aromatic rings. The van der Waals surface area contributed by atoms with Crippen LogP contribution in [0, 0.1) is 13.8 Å². The molecule has 0 radical (unpaired) electrons. The van der Waals surface area contributed by atoms with Crippen molar-refractivity contribution in [3.63, 3.8) is 0 Å². The number of unbranched alkanes of at least 4 members (excludes halogenated alkanes) is 1. The Morgan fingerprint density at radius 2 is 1.62 bits per heavy atom. The highest BCUT2D eigenvalue weighted by atomic mass is 35.5. The van der Waals surface area contributed by atoms with E-state index in [1.165, 1.54) is 35.2 Å². The summed E-state index contributed by atoms with van der Waals surface area (Å²) < 4.78 is 28.8. The van der Waals surface area contributed by atoms with Gasteiger partial charge < -0.3 is 10.2 Å². The summed E-state index contributed by atoms with van der Waals surface area (Å²) in [6.45, 7) is 7.52. The van der Waals surface area contributed by atoms with E-state index in [0.29, 0.717) is 6.54 Å². The maximum atomic E-state index is 14.0. The predicted octanol–water partition coefficient (Wildman–Crippen LogP) is 6.14. The zero-order valence-electron chi connectivity index (χ0n) is 23.2. The summed E-state index contributed by atoms with van der Waals surface area (Å²) >= 11 is 12.4. The first kappa shape index (κ1) is 31.5. The van der Waals surface area contributed by atoms with Crippen molar-refractivity contribution < 1.29 is 18.0 Å². The lowest BCUT2D eigenvalue weighted by atomic mass is 10.1. The Balaban J connectivity index is 2.03. The number of carbonyl (C=O) groups is 2. The van der Waals surface area contributed by atoms with Crippen LogP contribution in [-0.4, -0.2) is 44.3 Å². The second-order valence-electron chi connectivity index (χ2n) is 9.69. The summed E-state index contributed by atoms with van der Waals surface area (Å²) in [4.78, 5) is 28.5. The van der Waals surface area contributed by atoms with Crippen LogP contribution in [0.1, 0.15) is 43.4 Å². The molecule has 0 saturated carbocycles. The number of aryl methyl sites for hydroxylation is 2. The van der Waals surface area contributed by atoms with Gasteiger partial charge in [0.05, 0.1) is 20.6 Å². The zero-order chi connectivity index (χ0) is 29.4. The largest absolute Gasteiger partial charge is 0.354 e. The predicted molar refractivity (Wildman–Crippen MR) is 161 cm³/mol. The van der Waals surface area contributed by atoms with Crippen LogP contribution >= 0.6 is 23.2 Å². The van der Waals surface area contributed by atoms with Gasteiger partial charge in [-0.3, -0.25) is 13.9 Å². The van der Waals surface area contributed by atoms with Gasteiger partial charge in [0, 0.05) is 13.1 Å². The summed E-state index contributed by atoms with van der Waals surface area (Å²) in [6, 6.07) is 17.5. The van der Waals surface area contributed by atoms with Crippen LogP contribution in [0.5, 0.6) is 0 Å². The average Bonchev–Trinajstić information content (AvgIpc) is 2.92. The molecule has 0 bridgehead atoms. The highest BCUT2D eigenvalue weighted by Gasteiger charge is 2.33. The molecule has 0 aliphatic carbocycles. The van der Waals surface area contributed by atoms with Crippen molar-refractivity contribution in [3.8, 4) is 0 Å². The van der Waals surface area contributed by atoms with Crippen LogP contribution in [0.15, 0.2) is 71.6 Å². The third kappa shape index (κ3) is 7.77. The number of nitrogens with one attached hydrogen (secondary N) is 1. The lowest BCUT2D eigenvalue weighted by molar-refractivity contribution is -0.139. The minimum Gasteiger partial charge on any atom is -0.354 e. The zero-order valence-corrected chi connectivity index (χ0v) is 25.5. The number of nitrogens with zero attached hydrogens (tertiary/aromatic N) is 2. The Hall–Kier alpha value is -3.07. The molecule has 0 aliphatic heterocycles. The van der Waals surface area contributed by atoms with Crippen LogP contribution in [-0.2, 0) is 26.2 Å². The second-order valence-corrected chi connectivity index (χ2v) is 12.4. The van der Waals surface area contributed by atoms with E-state index in [2.05, 4.69) is 5.32 Å². The number of hydrogen-bond donors (Lipinski definition) is 1. The molecule has 3 aromatic carbocycles. The molecule has 1 N–H and O–H groups in total. The molecular formula is C30H35Cl2N3O4S. The monoisotopic (exact) mass is 603 g/mol. The van der Waals surface area contributed by atoms with Crippen LogP contribution in [0.3, 0.4) is 0 Å². The minimum atomic E-state index is -4.19. The maximum Gasteiger partial charge on any atom is 0.264 e. The number of carbonyl (C=O) groups excluding carboxylic acids is 2. The first-order valence-corrected chi connectivity index (χ1v) is 15.3. The third-order valence-electron chi connectivity index (χ3n) is 6.68. The third-order valence-corrected chi connectivity index (χ3v) is 9.20. The van der Waals surface area contributed by atoms with Crippen molar-refractivity contribution >= 4 is 50.7 Å². The Morgan fingerprint density at radius 1 is 0.950 bits per heavy atom. The van der Waals surface area contributed by atoms with Gasteiger partial charge in [-0.2, -0.15) is 0 Å². The van der Waals surface area contributed by atoms with E-state index >= 15 is 0 Å². The summed E-state index contributed by atoms with van der Waals surface area (Å²) in [6.07, 6.45) is 1.72. The molecular weight excluding hydrogens is 569 g/mol. The molecule has 10 heteroatoms. The first-order chi connectivity index (χ1) is 18.9. The SMILES string of the molecule is CCCCNC(=O)C(C)N(Cc1ccccc1C)C(=O)CN(c1ccc(Cl)c(Cl)c1)S(=O)(=O)c1ccc(C)cc1. The van der Waals surface area contributed by atoms with Gasteiger partial charge in [0.15, 0.2) is 0 Å². The fourth-order valence-corrected chi connectivity index (χ4v) is 5.79. The Labute approximate surface area is 247 Å². The van der Waals surface area contributed by atoms with E-state index in [-0.39, 0.29) is 33.1 Å². The summed E-state index contributed by atoms with van der Waals surface area (Å²) in [7, 11) is -4.19. The summed E-state index contributed by atoms with van der Waals surface area (Å²) in [5.74, 6) is -0.846. The molecule has 1 atom stereocenters. The number of amides is 2. The number of benzene rings is 3. The highest BCUT2D eigenvalue weighted by Crippen LogP contribution is 2.31. The van der Waals surface area contributed by atoms with Gasteiger partial charge >= 0.3 is 0 Å². The second kappa shape index (κ2) is 14.0. The van der Waals surface area contributed by atoms with E-state index in [9.17, 15) is 18.0 Å². The topological polar surface area (TPSA) is 86.8 Å². The van der Waals surface area contributed by atoms with Crippen molar-refractivity contribution in [3.05, 3.63) is 93.5 Å². The molecule has 0 fully saturated rings. The Kier molecular flexibility index (Phi) is 11.0. The molecule has 0 heterocycles. The summed E-state index contributed by atoms with van der Waals surface area (Å²) in [5, 5.41) is 3.28. The summed E-state index contributed by atoms with van der Waals surface area (Å²) in [5.41, 5.74) is 2.88. The molecule has 214 valence electrons. The van der Waals surface area contributed by atoms with Crippen molar-refractivity contribution in [2.75, 3.05) is 17.4 Å². The van der Waals surface area contributed by atoms with Crippen molar-refractivity contribution in [1.29, 1.82) is 0 Å². The van der Waals surface area contributed by atoms with Gasteiger partial charge in [-0.15, -0.1) is 0 Å². The molecule has 0 saturated heterocycles. The molecule has 7 nitrogen and oxygen atoms in total. The van der Waals surface area contributed by atoms with Gasteiger partial charge in [0.2, 0.25) is 11.8 Å². The van der Waals surface area contributed by atoms with Crippen LogP contribution < -0.4 is 9.62 Å². The van der Waals surface area contributed by atoms with Crippen LogP contribution in [0.2, 0.25) is 10.0 Å². The van der Waals surface area contributed by atoms with Crippen LogP contribution in [0.4, 0.5) is 5.69 Å². The molecule has 0 aliphatic rings. The lowest BCUT2D eigenvalue weighted by Gasteiger charge is -2.32. The average molecular weight is 605 g/mol. The van der Waals surface area contributed by atoms with E-state index in [1.807, 2.05) is 45.0 Å².